The number of hydrogen-bond donors (Lipinski definition) is 3. The maximum absolute atomic E-state index is 9.70. The van der Waals surface area contributed by atoms with Crippen molar-refractivity contribution in [1.29, 1.82) is 0 Å². The molecule has 0 amide bonds. The van der Waals surface area contributed by atoms with Crippen LogP contribution in [0.5, 0.6) is 5.75 Å². The fourth-order valence-corrected chi connectivity index (χ4v) is 2.32. The highest BCUT2D eigenvalue weighted by atomic mass is 79.9. The standard InChI is InChI=1S/C15H16BrNO2/c1-15(10-18,11-5-7-14(19)8-6-11)17-13-4-2-3-12(16)9-13/h2-9,17-19H,10H2,1H3. The molecule has 0 heterocycles. The van der Waals surface area contributed by atoms with Gasteiger partial charge in [0, 0.05) is 10.2 Å². The van der Waals surface area contributed by atoms with Gasteiger partial charge in [0.2, 0.25) is 0 Å². The molecule has 1 atom stereocenters. The Morgan fingerprint density at radius 1 is 1.16 bits per heavy atom. The number of rotatable bonds is 4. The molecule has 2 aromatic carbocycles. The summed E-state index contributed by atoms with van der Waals surface area (Å²) < 4.78 is 0.975. The molecule has 0 spiro atoms. The van der Waals surface area contributed by atoms with Crippen LogP contribution in [-0.2, 0) is 5.54 Å². The monoisotopic (exact) mass is 321 g/mol. The molecule has 0 fully saturated rings. The molecule has 0 saturated carbocycles. The first-order chi connectivity index (χ1) is 9.03. The Morgan fingerprint density at radius 2 is 1.84 bits per heavy atom. The minimum Gasteiger partial charge on any atom is -0.508 e. The van der Waals surface area contributed by atoms with E-state index in [9.17, 15) is 10.2 Å². The van der Waals surface area contributed by atoms with Crippen molar-refractivity contribution in [2.24, 2.45) is 0 Å². The molecule has 0 radical (unpaired) electrons. The summed E-state index contributed by atoms with van der Waals surface area (Å²) in [5.41, 5.74) is 1.22. The Balaban J connectivity index is 2.29. The number of anilines is 1. The molecular formula is C15H16BrNO2. The van der Waals surface area contributed by atoms with Crippen molar-refractivity contribution in [2.75, 3.05) is 11.9 Å². The number of benzene rings is 2. The molecular weight excluding hydrogens is 306 g/mol. The van der Waals surface area contributed by atoms with E-state index in [-0.39, 0.29) is 12.4 Å². The Labute approximate surface area is 121 Å². The molecule has 0 aliphatic heterocycles. The van der Waals surface area contributed by atoms with Gasteiger partial charge >= 0.3 is 0 Å². The van der Waals surface area contributed by atoms with Crippen LogP contribution in [-0.4, -0.2) is 16.8 Å². The van der Waals surface area contributed by atoms with Gasteiger partial charge in [-0.1, -0.05) is 34.1 Å². The van der Waals surface area contributed by atoms with E-state index in [1.165, 1.54) is 0 Å². The summed E-state index contributed by atoms with van der Waals surface area (Å²) in [4.78, 5) is 0. The topological polar surface area (TPSA) is 52.5 Å². The van der Waals surface area contributed by atoms with Crippen LogP contribution in [0.15, 0.2) is 53.0 Å². The minimum atomic E-state index is -0.603. The van der Waals surface area contributed by atoms with Gasteiger partial charge in [-0.05, 0) is 42.8 Å². The minimum absolute atomic E-state index is 0.0513. The van der Waals surface area contributed by atoms with Gasteiger partial charge in [0.1, 0.15) is 5.75 Å². The molecule has 2 aromatic rings. The van der Waals surface area contributed by atoms with Crippen LogP contribution in [0, 0.1) is 0 Å². The van der Waals surface area contributed by atoms with E-state index in [1.54, 1.807) is 24.3 Å². The molecule has 4 heteroatoms. The first kappa shape index (κ1) is 13.9. The van der Waals surface area contributed by atoms with E-state index in [4.69, 9.17) is 0 Å². The largest absolute Gasteiger partial charge is 0.508 e. The predicted molar refractivity (Wildman–Crippen MR) is 80.3 cm³/mol. The lowest BCUT2D eigenvalue weighted by Crippen LogP contribution is -2.35. The van der Waals surface area contributed by atoms with Crippen molar-refractivity contribution in [2.45, 2.75) is 12.5 Å². The van der Waals surface area contributed by atoms with Gasteiger partial charge in [-0.3, -0.25) is 0 Å². The van der Waals surface area contributed by atoms with Crippen LogP contribution >= 0.6 is 15.9 Å². The van der Waals surface area contributed by atoms with Crippen molar-refractivity contribution >= 4 is 21.6 Å². The molecule has 1 unspecified atom stereocenters. The highest BCUT2D eigenvalue weighted by Crippen LogP contribution is 2.28. The lowest BCUT2D eigenvalue weighted by Gasteiger charge is -2.30. The van der Waals surface area contributed by atoms with Crippen LogP contribution in [0.3, 0.4) is 0 Å². The lowest BCUT2D eigenvalue weighted by molar-refractivity contribution is 0.224. The maximum atomic E-state index is 9.70. The predicted octanol–water partition coefficient (Wildman–Crippen LogP) is 3.47. The second kappa shape index (κ2) is 5.63. The van der Waals surface area contributed by atoms with Gasteiger partial charge in [-0.15, -0.1) is 0 Å². The molecule has 3 N–H and O–H groups in total. The number of phenols is 1. The highest BCUT2D eigenvalue weighted by Gasteiger charge is 2.25. The zero-order chi connectivity index (χ0) is 13.9. The molecule has 3 nitrogen and oxygen atoms in total. The number of aliphatic hydroxyl groups is 1. The summed E-state index contributed by atoms with van der Waals surface area (Å²) in [6, 6.07) is 14.6. The number of aliphatic hydroxyl groups excluding tert-OH is 1. The second-order valence-corrected chi connectivity index (χ2v) is 5.59. The van der Waals surface area contributed by atoms with E-state index >= 15 is 0 Å². The molecule has 0 aliphatic rings. The van der Waals surface area contributed by atoms with Crippen molar-refractivity contribution < 1.29 is 10.2 Å². The molecule has 0 aliphatic carbocycles. The number of aromatic hydroxyl groups is 1. The third-order valence-corrected chi connectivity index (χ3v) is 3.56. The molecule has 0 saturated heterocycles. The third-order valence-electron chi connectivity index (χ3n) is 3.07. The highest BCUT2D eigenvalue weighted by molar-refractivity contribution is 9.10. The van der Waals surface area contributed by atoms with Gasteiger partial charge in [0.25, 0.3) is 0 Å². The van der Waals surface area contributed by atoms with E-state index < -0.39 is 5.54 Å². The van der Waals surface area contributed by atoms with E-state index in [0.717, 1.165) is 15.7 Å². The Kier molecular flexibility index (Phi) is 4.12. The third kappa shape index (κ3) is 3.28. The molecule has 19 heavy (non-hydrogen) atoms. The van der Waals surface area contributed by atoms with Crippen LogP contribution < -0.4 is 5.32 Å². The average Bonchev–Trinajstić information content (AvgIpc) is 2.39. The summed E-state index contributed by atoms with van der Waals surface area (Å²) in [5, 5.41) is 22.4. The number of hydrogen-bond acceptors (Lipinski definition) is 3. The van der Waals surface area contributed by atoms with Crippen molar-refractivity contribution in [3.05, 3.63) is 58.6 Å². The quantitative estimate of drug-likeness (QED) is 0.808. The van der Waals surface area contributed by atoms with Gasteiger partial charge in [-0.25, -0.2) is 0 Å². The zero-order valence-electron chi connectivity index (χ0n) is 10.6. The summed E-state index contributed by atoms with van der Waals surface area (Å²) in [5.74, 6) is 0.214. The van der Waals surface area contributed by atoms with Crippen LogP contribution in [0.1, 0.15) is 12.5 Å². The summed E-state index contributed by atoms with van der Waals surface area (Å²) in [6.45, 7) is 1.87. The maximum Gasteiger partial charge on any atom is 0.115 e. The molecule has 2 rings (SSSR count). The van der Waals surface area contributed by atoms with E-state index in [1.807, 2.05) is 31.2 Å². The summed E-state index contributed by atoms with van der Waals surface area (Å²) in [7, 11) is 0. The average molecular weight is 322 g/mol. The van der Waals surface area contributed by atoms with Crippen molar-refractivity contribution in [3.63, 3.8) is 0 Å². The molecule has 0 bridgehead atoms. The van der Waals surface area contributed by atoms with Crippen LogP contribution in [0.2, 0.25) is 0 Å². The van der Waals surface area contributed by atoms with Gasteiger partial charge in [0.15, 0.2) is 0 Å². The Morgan fingerprint density at radius 3 is 2.42 bits per heavy atom. The molecule has 100 valence electrons. The summed E-state index contributed by atoms with van der Waals surface area (Å²) in [6.07, 6.45) is 0. The van der Waals surface area contributed by atoms with Crippen molar-refractivity contribution in [3.8, 4) is 5.75 Å². The Hall–Kier alpha value is -1.52. The van der Waals surface area contributed by atoms with Gasteiger partial charge < -0.3 is 15.5 Å². The fraction of sp³-hybridized carbons (Fsp3) is 0.200. The first-order valence-corrected chi connectivity index (χ1v) is 6.77. The van der Waals surface area contributed by atoms with Crippen LogP contribution in [0.4, 0.5) is 5.69 Å². The normalized spacial score (nSPS) is 13.8. The second-order valence-electron chi connectivity index (χ2n) is 4.67. The number of halogens is 1. The van der Waals surface area contributed by atoms with Gasteiger partial charge in [-0.2, -0.15) is 0 Å². The fourth-order valence-electron chi connectivity index (χ4n) is 1.92. The smallest absolute Gasteiger partial charge is 0.115 e. The lowest BCUT2D eigenvalue weighted by atomic mass is 9.92. The Bertz CT molecular complexity index is 556. The number of phenolic OH excluding ortho intramolecular Hbond substituents is 1. The van der Waals surface area contributed by atoms with Gasteiger partial charge in [0.05, 0.1) is 12.1 Å². The zero-order valence-corrected chi connectivity index (χ0v) is 12.2. The first-order valence-electron chi connectivity index (χ1n) is 5.98. The summed E-state index contributed by atoms with van der Waals surface area (Å²) >= 11 is 3.42. The van der Waals surface area contributed by atoms with E-state index in [2.05, 4.69) is 21.2 Å². The SMILES string of the molecule is CC(CO)(Nc1cccc(Br)c1)c1ccc(O)cc1. The van der Waals surface area contributed by atoms with Crippen LogP contribution in [0.25, 0.3) is 0 Å². The molecule has 0 aromatic heterocycles. The van der Waals surface area contributed by atoms with Crippen molar-refractivity contribution in [1.82, 2.24) is 0 Å². The van der Waals surface area contributed by atoms with E-state index in [0.29, 0.717) is 0 Å². The number of nitrogens with one attached hydrogen (secondary N) is 1.